The van der Waals surface area contributed by atoms with Crippen LogP contribution in [0.15, 0.2) is 30.5 Å². The van der Waals surface area contributed by atoms with Crippen molar-refractivity contribution in [1.82, 2.24) is 24.9 Å². The van der Waals surface area contributed by atoms with Crippen molar-refractivity contribution in [1.29, 1.82) is 0 Å². The average Bonchev–Trinajstić information content (AvgIpc) is 3.16. The van der Waals surface area contributed by atoms with Gasteiger partial charge in [0, 0.05) is 51.5 Å². The molecule has 8 heteroatoms. The van der Waals surface area contributed by atoms with E-state index in [1.165, 1.54) is 16.8 Å². The molecular formula is C20H25F2N5O. The first kappa shape index (κ1) is 19.0. The number of aromatic nitrogens is 2. The van der Waals surface area contributed by atoms with Crippen LogP contribution in [0.1, 0.15) is 18.5 Å². The summed E-state index contributed by atoms with van der Waals surface area (Å²) in [6, 6.07) is 5.29. The number of rotatable bonds is 4. The van der Waals surface area contributed by atoms with Gasteiger partial charge < -0.3 is 10.2 Å². The number of carbonyl (C=O) groups is 1. The number of amides is 1. The number of piperidine rings is 1. The van der Waals surface area contributed by atoms with Crippen molar-refractivity contribution in [2.45, 2.75) is 19.4 Å². The van der Waals surface area contributed by atoms with E-state index in [9.17, 15) is 13.6 Å². The van der Waals surface area contributed by atoms with Crippen LogP contribution in [0, 0.1) is 17.6 Å². The molecule has 1 aromatic carbocycles. The average molecular weight is 389 g/mol. The van der Waals surface area contributed by atoms with E-state index in [4.69, 9.17) is 0 Å². The van der Waals surface area contributed by atoms with Gasteiger partial charge in [0.2, 0.25) is 5.91 Å². The minimum absolute atomic E-state index is 0.0310. The van der Waals surface area contributed by atoms with Crippen LogP contribution in [-0.4, -0.2) is 64.8 Å². The number of benzene rings is 1. The van der Waals surface area contributed by atoms with E-state index < -0.39 is 11.6 Å². The third-order valence-electron chi connectivity index (χ3n) is 5.47. The molecular weight excluding hydrogens is 364 g/mol. The van der Waals surface area contributed by atoms with Crippen LogP contribution in [0.3, 0.4) is 0 Å². The number of likely N-dealkylation sites (tertiary alicyclic amines) is 1. The summed E-state index contributed by atoms with van der Waals surface area (Å²) < 4.78 is 28.5. The number of nitrogens with one attached hydrogen (secondary N) is 1. The predicted molar refractivity (Wildman–Crippen MR) is 101 cm³/mol. The highest BCUT2D eigenvalue weighted by atomic mass is 19.1. The normalized spacial score (nSPS) is 21.1. The molecule has 0 aliphatic carbocycles. The fourth-order valence-electron chi connectivity index (χ4n) is 4.02. The van der Waals surface area contributed by atoms with Gasteiger partial charge in [-0.05, 0) is 37.6 Å². The minimum atomic E-state index is -0.644. The molecule has 0 bridgehead atoms. The van der Waals surface area contributed by atoms with Gasteiger partial charge in [0.15, 0.2) is 5.82 Å². The molecule has 1 atom stereocenters. The van der Waals surface area contributed by atoms with E-state index in [1.807, 2.05) is 11.0 Å². The largest absolute Gasteiger partial charge is 0.340 e. The fourth-order valence-corrected chi connectivity index (χ4v) is 4.02. The lowest BCUT2D eigenvalue weighted by atomic mass is 9.96. The molecule has 150 valence electrons. The van der Waals surface area contributed by atoms with Crippen molar-refractivity contribution >= 4 is 5.91 Å². The van der Waals surface area contributed by atoms with E-state index in [2.05, 4.69) is 15.3 Å². The maximum Gasteiger partial charge on any atom is 0.227 e. The van der Waals surface area contributed by atoms with Crippen molar-refractivity contribution < 1.29 is 13.6 Å². The molecule has 1 N–H and O–H groups in total. The topological polar surface area (TPSA) is 53.4 Å². The second kappa shape index (κ2) is 8.36. The van der Waals surface area contributed by atoms with Crippen LogP contribution < -0.4 is 5.32 Å². The zero-order valence-electron chi connectivity index (χ0n) is 15.8. The lowest BCUT2D eigenvalue weighted by Gasteiger charge is -2.36. The Labute approximate surface area is 163 Å². The Kier molecular flexibility index (Phi) is 5.68. The van der Waals surface area contributed by atoms with Gasteiger partial charge in [0.1, 0.15) is 11.5 Å². The summed E-state index contributed by atoms with van der Waals surface area (Å²) in [6.45, 7) is 5.54. The second-order valence-corrected chi connectivity index (χ2v) is 7.50. The zero-order valence-corrected chi connectivity index (χ0v) is 15.8. The van der Waals surface area contributed by atoms with Crippen molar-refractivity contribution in [2.24, 2.45) is 5.92 Å². The molecule has 4 rings (SSSR count). The number of carbonyl (C=O) groups excluding carboxylic acids is 1. The predicted octanol–water partition coefficient (Wildman–Crippen LogP) is 1.79. The molecule has 28 heavy (non-hydrogen) atoms. The Bertz CT molecular complexity index is 834. The smallest absolute Gasteiger partial charge is 0.227 e. The Morgan fingerprint density at radius 2 is 2.00 bits per heavy atom. The van der Waals surface area contributed by atoms with Gasteiger partial charge in [-0.25, -0.2) is 13.5 Å². The maximum absolute atomic E-state index is 14.0. The SMILES string of the molecule is O=C(C1CCCN(Cc2ccn(-c3ccc(F)cc3F)n2)C1)N1CCNCC1. The Morgan fingerprint density at radius 3 is 2.79 bits per heavy atom. The number of piperazine rings is 1. The van der Waals surface area contributed by atoms with E-state index in [1.54, 1.807) is 6.20 Å². The molecule has 0 radical (unpaired) electrons. The second-order valence-electron chi connectivity index (χ2n) is 7.50. The highest BCUT2D eigenvalue weighted by Gasteiger charge is 2.30. The van der Waals surface area contributed by atoms with Gasteiger partial charge in [0.05, 0.1) is 11.6 Å². The molecule has 0 saturated carbocycles. The quantitative estimate of drug-likeness (QED) is 0.867. The Hall–Kier alpha value is -2.32. The Balaban J connectivity index is 1.39. The number of hydrogen-bond acceptors (Lipinski definition) is 4. The highest BCUT2D eigenvalue weighted by Crippen LogP contribution is 2.21. The number of nitrogens with zero attached hydrogens (tertiary/aromatic N) is 4. The van der Waals surface area contributed by atoms with Crippen molar-refractivity contribution in [3.63, 3.8) is 0 Å². The van der Waals surface area contributed by atoms with E-state index >= 15 is 0 Å². The molecule has 2 aliphatic heterocycles. The summed E-state index contributed by atoms with van der Waals surface area (Å²) >= 11 is 0. The summed E-state index contributed by atoms with van der Waals surface area (Å²) in [5.41, 5.74) is 1.03. The van der Waals surface area contributed by atoms with E-state index in [0.29, 0.717) is 6.54 Å². The van der Waals surface area contributed by atoms with Gasteiger partial charge >= 0.3 is 0 Å². The van der Waals surface area contributed by atoms with Gasteiger partial charge in [-0.15, -0.1) is 0 Å². The van der Waals surface area contributed by atoms with Gasteiger partial charge in [-0.1, -0.05) is 0 Å². The first-order valence-electron chi connectivity index (χ1n) is 9.82. The van der Waals surface area contributed by atoms with Crippen LogP contribution in [0.4, 0.5) is 8.78 Å². The molecule has 2 saturated heterocycles. The standard InChI is InChI=1S/C20H25F2N5O/c21-16-3-4-19(18(22)12-16)27-9-5-17(24-27)14-25-8-1-2-15(13-25)20(28)26-10-6-23-7-11-26/h3-5,9,12,15,23H,1-2,6-8,10-11,13-14H2. The first-order valence-corrected chi connectivity index (χ1v) is 9.82. The van der Waals surface area contributed by atoms with Crippen LogP contribution in [0.5, 0.6) is 0 Å². The van der Waals surface area contributed by atoms with Crippen molar-refractivity contribution in [3.05, 3.63) is 47.8 Å². The van der Waals surface area contributed by atoms with Crippen molar-refractivity contribution in [2.75, 3.05) is 39.3 Å². The first-order chi connectivity index (χ1) is 13.6. The fraction of sp³-hybridized carbons (Fsp3) is 0.500. The zero-order chi connectivity index (χ0) is 19.5. The lowest BCUT2D eigenvalue weighted by molar-refractivity contribution is -0.138. The van der Waals surface area contributed by atoms with Gasteiger partial charge in [0.25, 0.3) is 0 Å². The molecule has 1 amide bonds. The maximum atomic E-state index is 14.0. The van der Waals surface area contributed by atoms with Gasteiger partial charge in [-0.2, -0.15) is 5.10 Å². The monoisotopic (exact) mass is 389 g/mol. The van der Waals surface area contributed by atoms with Crippen LogP contribution >= 0.6 is 0 Å². The Morgan fingerprint density at radius 1 is 1.18 bits per heavy atom. The summed E-state index contributed by atoms with van der Waals surface area (Å²) in [4.78, 5) is 17.0. The van der Waals surface area contributed by atoms with Gasteiger partial charge in [-0.3, -0.25) is 9.69 Å². The van der Waals surface area contributed by atoms with E-state index in [-0.39, 0.29) is 17.5 Å². The van der Waals surface area contributed by atoms with Crippen LogP contribution in [-0.2, 0) is 11.3 Å². The lowest BCUT2D eigenvalue weighted by Crippen LogP contribution is -2.51. The minimum Gasteiger partial charge on any atom is -0.340 e. The van der Waals surface area contributed by atoms with Crippen molar-refractivity contribution in [3.8, 4) is 5.69 Å². The third kappa shape index (κ3) is 4.23. The molecule has 2 aromatic rings. The third-order valence-corrected chi connectivity index (χ3v) is 5.47. The molecule has 2 aliphatic rings. The molecule has 3 heterocycles. The van der Waals surface area contributed by atoms with Crippen LogP contribution in [0.25, 0.3) is 5.69 Å². The summed E-state index contributed by atoms with van der Waals surface area (Å²) in [5.74, 6) is -0.968. The molecule has 2 fully saturated rings. The highest BCUT2D eigenvalue weighted by molar-refractivity contribution is 5.79. The summed E-state index contributed by atoms with van der Waals surface area (Å²) in [6.07, 6.45) is 3.59. The number of halogens is 2. The van der Waals surface area contributed by atoms with E-state index in [0.717, 1.165) is 63.9 Å². The molecule has 0 spiro atoms. The molecule has 1 unspecified atom stereocenters. The molecule has 6 nitrogen and oxygen atoms in total. The molecule has 1 aromatic heterocycles. The van der Waals surface area contributed by atoms with Crippen LogP contribution in [0.2, 0.25) is 0 Å². The number of hydrogen-bond donors (Lipinski definition) is 1. The summed E-state index contributed by atoms with van der Waals surface area (Å²) in [7, 11) is 0. The summed E-state index contributed by atoms with van der Waals surface area (Å²) in [5, 5.41) is 7.71.